The van der Waals surface area contributed by atoms with E-state index in [9.17, 15) is 4.79 Å². The van der Waals surface area contributed by atoms with Crippen LogP contribution in [0.25, 0.3) is 0 Å². The molecule has 2 aromatic rings. The van der Waals surface area contributed by atoms with E-state index < -0.39 is 0 Å². The minimum atomic E-state index is -0.100. The SMILES string of the molecule is CCc1cc(CNC(=O)c2ccc(OC)cc2)ccc1OC. The second-order valence-electron chi connectivity index (χ2n) is 4.91. The average Bonchev–Trinajstić information content (AvgIpc) is 2.59. The zero-order valence-electron chi connectivity index (χ0n) is 13.2. The maximum absolute atomic E-state index is 12.1. The van der Waals surface area contributed by atoms with Crippen molar-refractivity contribution in [3.63, 3.8) is 0 Å². The molecule has 0 aliphatic rings. The third-order valence-corrected chi connectivity index (χ3v) is 3.53. The molecular formula is C18H21NO3. The van der Waals surface area contributed by atoms with E-state index in [0.29, 0.717) is 12.1 Å². The molecule has 0 aliphatic heterocycles. The molecule has 0 saturated carbocycles. The fourth-order valence-electron chi connectivity index (χ4n) is 2.24. The molecule has 0 spiro atoms. The van der Waals surface area contributed by atoms with Crippen molar-refractivity contribution in [3.05, 3.63) is 59.2 Å². The molecule has 2 aromatic carbocycles. The lowest BCUT2D eigenvalue weighted by Gasteiger charge is -2.10. The number of amides is 1. The van der Waals surface area contributed by atoms with Gasteiger partial charge < -0.3 is 14.8 Å². The molecule has 1 amide bonds. The molecule has 4 nitrogen and oxygen atoms in total. The van der Waals surface area contributed by atoms with Crippen LogP contribution in [0.5, 0.6) is 11.5 Å². The highest BCUT2D eigenvalue weighted by molar-refractivity contribution is 5.94. The summed E-state index contributed by atoms with van der Waals surface area (Å²) in [5.74, 6) is 1.52. The van der Waals surface area contributed by atoms with Gasteiger partial charge in [-0.15, -0.1) is 0 Å². The summed E-state index contributed by atoms with van der Waals surface area (Å²) in [6.07, 6.45) is 0.892. The van der Waals surface area contributed by atoms with Gasteiger partial charge in [-0.25, -0.2) is 0 Å². The third-order valence-electron chi connectivity index (χ3n) is 3.53. The van der Waals surface area contributed by atoms with Crippen LogP contribution in [-0.4, -0.2) is 20.1 Å². The Morgan fingerprint density at radius 2 is 1.77 bits per heavy atom. The number of hydrogen-bond acceptors (Lipinski definition) is 3. The van der Waals surface area contributed by atoms with Gasteiger partial charge in [-0.05, 0) is 47.9 Å². The van der Waals surface area contributed by atoms with Crippen LogP contribution < -0.4 is 14.8 Å². The van der Waals surface area contributed by atoms with Crippen molar-refractivity contribution in [1.29, 1.82) is 0 Å². The van der Waals surface area contributed by atoms with Crippen molar-refractivity contribution < 1.29 is 14.3 Å². The van der Waals surface area contributed by atoms with Gasteiger partial charge in [0.05, 0.1) is 14.2 Å². The van der Waals surface area contributed by atoms with Gasteiger partial charge in [0.2, 0.25) is 0 Å². The number of hydrogen-bond donors (Lipinski definition) is 1. The van der Waals surface area contributed by atoms with Crippen molar-refractivity contribution in [2.24, 2.45) is 0 Å². The van der Waals surface area contributed by atoms with Gasteiger partial charge in [0, 0.05) is 12.1 Å². The summed E-state index contributed by atoms with van der Waals surface area (Å²) in [7, 11) is 3.27. The van der Waals surface area contributed by atoms with Crippen LogP contribution in [0.1, 0.15) is 28.4 Å². The molecule has 0 aromatic heterocycles. The Morgan fingerprint density at radius 1 is 1.05 bits per heavy atom. The van der Waals surface area contributed by atoms with Gasteiger partial charge in [-0.3, -0.25) is 4.79 Å². The lowest BCUT2D eigenvalue weighted by Crippen LogP contribution is -2.22. The standard InChI is InChI=1S/C18H21NO3/c1-4-14-11-13(5-10-17(14)22-3)12-19-18(20)15-6-8-16(21-2)9-7-15/h5-11H,4,12H2,1-3H3,(H,19,20). The highest BCUT2D eigenvalue weighted by Crippen LogP contribution is 2.20. The van der Waals surface area contributed by atoms with Crippen LogP contribution in [0, 0.1) is 0 Å². The Hall–Kier alpha value is -2.49. The Labute approximate surface area is 131 Å². The van der Waals surface area contributed by atoms with Crippen molar-refractivity contribution in [1.82, 2.24) is 5.32 Å². The van der Waals surface area contributed by atoms with E-state index in [-0.39, 0.29) is 5.91 Å². The molecule has 1 N–H and O–H groups in total. The molecule has 4 heteroatoms. The van der Waals surface area contributed by atoms with E-state index in [1.165, 1.54) is 0 Å². The van der Waals surface area contributed by atoms with Crippen molar-refractivity contribution >= 4 is 5.91 Å². The molecule has 22 heavy (non-hydrogen) atoms. The maximum atomic E-state index is 12.1. The lowest BCUT2D eigenvalue weighted by molar-refractivity contribution is 0.0951. The van der Waals surface area contributed by atoms with Crippen molar-refractivity contribution in [2.75, 3.05) is 14.2 Å². The summed E-state index contributed by atoms with van der Waals surface area (Å²) in [4.78, 5) is 12.1. The van der Waals surface area contributed by atoms with Crippen LogP contribution in [0.3, 0.4) is 0 Å². The molecule has 116 valence electrons. The smallest absolute Gasteiger partial charge is 0.251 e. The van der Waals surface area contributed by atoms with Crippen LogP contribution in [0.2, 0.25) is 0 Å². The van der Waals surface area contributed by atoms with E-state index >= 15 is 0 Å². The molecule has 0 bridgehead atoms. The minimum Gasteiger partial charge on any atom is -0.497 e. The second kappa shape index (κ2) is 7.50. The summed E-state index contributed by atoms with van der Waals surface area (Å²) in [5, 5.41) is 2.92. The number of carbonyl (C=O) groups is 1. The topological polar surface area (TPSA) is 47.6 Å². The fraction of sp³-hybridized carbons (Fsp3) is 0.278. The van der Waals surface area contributed by atoms with E-state index in [2.05, 4.69) is 18.3 Å². The predicted octanol–water partition coefficient (Wildman–Crippen LogP) is 3.20. The largest absolute Gasteiger partial charge is 0.497 e. The Bertz CT molecular complexity index is 635. The summed E-state index contributed by atoms with van der Waals surface area (Å²) < 4.78 is 10.4. The Balaban J connectivity index is 2.01. The maximum Gasteiger partial charge on any atom is 0.251 e. The molecule has 0 radical (unpaired) electrons. The van der Waals surface area contributed by atoms with Gasteiger partial charge in [0.1, 0.15) is 11.5 Å². The van der Waals surface area contributed by atoms with Crippen molar-refractivity contribution in [2.45, 2.75) is 19.9 Å². The number of aryl methyl sites for hydroxylation is 1. The predicted molar refractivity (Wildman–Crippen MR) is 86.5 cm³/mol. The van der Waals surface area contributed by atoms with Gasteiger partial charge >= 0.3 is 0 Å². The van der Waals surface area contributed by atoms with Crippen molar-refractivity contribution in [3.8, 4) is 11.5 Å². The van der Waals surface area contributed by atoms with E-state index in [4.69, 9.17) is 9.47 Å². The zero-order valence-corrected chi connectivity index (χ0v) is 13.2. The summed E-state index contributed by atoms with van der Waals surface area (Å²) in [6, 6.07) is 13.0. The van der Waals surface area contributed by atoms with Gasteiger partial charge in [0.15, 0.2) is 0 Å². The zero-order chi connectivity index (χ0) is 15.9. The van der Waals surface area contributed by atoms with Crippen LogP contribution in [-0.2, 0) is 13.0 Å². The summed E-state index contributed by atoms with van der Waals surface area (Å²) in [5.41, 5.74) is 2.81. The molecule has 0 saturated heterocycles. The molecule has 0 unspecified atom stereocenters. The van der Waals surface area contributed by atoms with E-state index in [1.807, 2.05) is 12.1 Å². The molecular weight excluding hydrogens is 278 g/mol. The number of rotatable bonds is 6. The lowest BCUT2D eigenvalue weighted by atomic mass is 10.1. The first kappa shape index (κ1) is 15.9. The third kappa shape index (κ3) is 3.79. The first-order chi connectivity index (χ1) is 10.7. The Kier molecular flexibility index (Phi) is 5.42. The molecule has 0 fully saturated rings. The highest BCUT2D eigenvalue weighted by Gasteiger charge is 2.07. The minimum absolute atomic E-state index is 0.100. The van der Waals surface area contributed by atoms with Crippen LogP contribution >= 0.6 is 0 Å². The molecule has 0 aliphatic carbocycles. The fourth-order valence-corrected chi connectivity index (χ4v) is 2.24. The highest BCUT2D eigenvalue weighted by atomic mass is 16.5. The number of methoxy groups -OCH3 is 2. The van der Waals surface area contributed by atoms with E-state index in [1.54, 1.807) is 38.5 Å². The van der Waals surface area contributed by atoms with Gasteiger partial charge in [0.25, 0.3) is 5.91 Å². The first-order valence-corrected chi connectivity index (χ1v) is 7.26. The number of carbonyl (C=O) groups excluding carboxylic acids is 1. The summed E-state index contributed by atoms with van der Waals surface area (Å²) >= 11 is 0. The quantitative estimate of drug-likeness (QED) is 0.891. The Morgan fingerprint density at radius 3 is 2.36 bits per heavy atom. The molecule has 0 heterocycles. The molecule has 0 atom stereocenters. The summed E-state index contributed by atoms with van der Waals surface area (Å²) in [6.45, 7) is 2.57. The number of nitrogens with one attached hydrogen (secondary N) is 1. The molecule has 2 rings (SSSR count). The monoisotopic (exact) mass is 299 g/mol. The van der Waals surface area contributed by atoms with E-state index in [0.717, 1.165) is 29.0 Å². The van der Waals surface area contributed by atoms with Crippen LogP contribution in [0.4, 0.5) is 0 Å². The second-order valence-corrected chi connectivity index (χ2v) is 4.91. The van der Waals surface area contributed by atoms with Gasteiger partial charge in [-0.1, -0.05) is 19.1 Å². The van der Waals surface area contributed by atoms with Crippen LogP contribution in [0.15, 0.2) is 42.5 Å². The average molecular weight is 299 g/mol. The first-order valence-electron chi connectivity index (χ1n) is 7.26. The van der Waals surface area contributed by atoms with Gasteiger partial charge in [-0.2, -0.15) is 0 Å². The number of benzene rings is 2. The number of ether oxygens (including phenoxy) is 2. The normalized spacial score (nSPS) is 10.1.